The number of nitrogens with zero attached hydrogens (tertiary/aromatic N) is 2. The Bertz CT molecular complexity index is 528. The van der Waals surface area contributed by atoms with Crippen LogP contribution in [0.25, 0.3) is 0 Å². The quantitative estimate of drug-likeness (QED) is 0.796. The van der Waals surface area contributed by atoms with Crippen LogP contribution in [0.4, 0.5) is 11.4 Å². The lowest BCUT2D eigenvalue weighted by Crippen LogP contribution is -2.14. The van der Waals surface area contributed by atoms with Gasteiger partial charge in [0.05, 0.1) is 0 Å². The molecular weight excluding hydrogens is 236 g/mol. The zero-order chi connectivity index (χ0) is 12.4. The number of carbonyl (C=O) groups is 1. The second-order valence-corrected chi connectivity index (χ2v) is 4.38. The predicted octanol–water partition coefficient (Wildman–Crippen LogP) is 1.99. The number of benzene rings is 1. The molecule has 5 nitrogen and oxygen atoms in total. The first-order chi connectivity index (χ1) is 8.08. The van der Waals surface area contributed by atoms with Crippen molar-refractivity contribution in [3.05, 3.63) is 34.3 Å². The van der Waals surface area contributed by atoms with Crippen LogP contribution in [0.5, 0.6) is 0 Å². The lowest BCUT2D eigenvalue weighted by Gasteiger charge is -2.11. The third-order valence-electron chi connectivity index (χ3n) is 2.39. The molecule has 0 fully saturated rings. The van der Waals surface area contributed by atoms with Crippen LogP contribution in [0.2, 0.25) is 0 Å². The number of nitrogen functional groups attached to an aromatic ring is 1. The lowest BCUT2D eigenvalue weighted by molar-refractivity contribution is 0.102. The van der Waals surface area contributed by atoms with Gasteiger partial charge in [-0.1, -0.05) is 4.49 Å². The van der Waals surface area contributed by atoms with E-state index in [1.54, 1.807) is 5.38 Å². The molecule has 1 aromatic carbocycles. The summed E-state index contributed by atoms with van der Waals surface area (Å²) < 4.78 is 3.65. The monoisotopic (exact) mass is 248 g/mol. The second-order valence-electron chi connectivity index (χ2n) is 3.77. The minimum absolute atomic E-state index is 0.255. The van der Waals surface area contributed by atoms with E-state index in [1.807, 2.05) is 26.0 Å². The summed E-state index contributed by atoms with van der Waals surface area (Å²) in [6.07, 6.45) is 0. The van der Waals surface area contributed by atoms with Crippen molar-refractivity contribution in [1.82, 2.24) is 9.59 Å². The molecule has 0 aliphatic heterocycles. The third kappa shape index (κ3) is 2.42. The normalized spacial score (nSPS) is 10.2. The van der Waals surface area contributed by atoms with Crippen molar-refractivity contribution < 1.29 is 4.79 Å². The maximum Gasteiger partial charge on any atom is 0.277 e. The van der Waals surface area contributed by atoms with Gasteiger partial charge < -0.3 is 11.1 Å². The molecule has 2 aromatic rings. The van der Waals surface area contributed by atoms with Crippen molar-refractivity contribution in [1.29, 1.82) is 0 Å². The van der Waals surface area contributed by atoms with Crippen LogP contribution in [-0.4, -0.2) is 15.5 Å². The fourth-order valence-electron chi connectivity index (χ4n) is 1.64. The van der Waals surface area contributed by atoms with E-state index >= 15 is 0 Å². The Hall–Kier alpha value is -1.95. The highest BCUT2D eigenvalue weighted by molar-refractivity contribution is 7.03. The Labute approximate surface area is 103 Å². The molecule has 0 saturated heterocycles. The summed E-state index contributed by atoms with van der Waals surface area (Å²) in [6.45, 7) is 3.80. The van der Waals surface area contributed by atoms with Crippen LogP contribution in [0.1, 0.15) is 21.6 Å². The first-order valence-electron chi connectivity index (χ1n) is 5.03. The zero-order valence-electron chi connectivity index (χ0n) is 9.52. The number of anilines is 2. The van der Waals surface area contributed by atoms with E-state index in [-0.39, 0.29) is 5.91 Å². The van der Waals surface area contributed by atoms with Crippen LogP contribution >= 0.6 is 11.5 Å². The standard InChI is InChI=1S/C11H12N4OS/c1-6-3-8(12)4-7(2)10(6)13-11(16)9-5-17-15-14-9/h3-5H,12H2,1-2H3,(H,13,16). The van der Waals surface area contributed by atoms with Gasteiger partial charge in [0, 0.05) is 16.8 Å². The van der Waals surface area contributed by atoms with Gasteiger partial charge in [-0.05, 0) is 48.6 Å². The van der Waals surface area contributed by atoms with E-state index in [0.29, 0.717) is 11.4 Å². The van der Waals surface area contributed by atoms with Gasteiger partial charge in [-0.25, -0.2) is 0 Å². The molecular formula is C11H12N4OS. The number of nitrogens with two attached hydrogens (primary N) is 1. The molecule has 1 amide bonds. The number of hydrogen-bond acceptors (Lipinski definition) is 5. The van der Waals surface area contributed by atoms with Gasteiger partial charge in [-0.3, -0.25) is 4.79 Å². The van der Waals surface area contributed by atoms with Crippen LogP contribution in [0.3, 0.4) is 0 Å². The van der Waals surface area contributed by atoms with Crippen molar-refractivity contribution in [2.24, 2.45) is 0 Å². The molecule has 0 radical (unpaired) electrons. The predicted molar refractivity (Wildman–Crippen MR) is 68.2 cm³/mol. The highest BCUT2D eigenvalue weighted by atomic mass is 32.1. The number of carbonyl (C=O) groups excluding carboxylic acids is 1. The van der Waals surface area contributed by atoms with Crippen LogP contribution in [-0.2, 0) is 0 Å². The van der Waals surface area contributed by atoms with Crippen molar-refractivity contribution >= 4 is 28.8 Å². The molecule has 6 heteroatoms. The van der Waals surface area contributed by atoms with Crippen LogP contribution < -0.4 is 11.1 Å². The number of aryl methyl sites for hydroxylation is 2. The summed E-state index contributed by atoms with van der Waals surface area (Å²) in [6, 6.07) is 3.64. The van der Waals surface area contributed by atoms with E-state index in [2.05, 4.69) is 14.9 Å². The Morgan fingerprint density at radius 1 is 1.35 bits per heavy atom. The van der Waals surface area contributed by atoms with Crippen molar-refractivity contribution in [2.75, 3.05) is 11.1 Å². The molecule has 88 valence electrons. The third-order valence-corrected chi connectivity index (χ3v) is 2.89. The molecule has 1 aromatic heterocycles. The second kappa shape index (κ2) is 4.50. The summed E-state index contributed by atoms with van der Waals surface area (Å²) in [5, 5.41) is 8.15. The molecule has 1 heterocycles. The van der Waals surface area contributed by atoms with E-state index in [9.17, 15) is 4.79 Å². The number of aromatic nitrogens is 2. The average Bonchev–Trinajstić information content (AvgIpc) is 2.76. The minimum Gasteiger partial charge on any atom is -0.399 e. The lowest BCUT2D eigenvalue weighted by atomic mass is 10.1. The Kier molecular flexibility index (Phi) is 3.06. The van der Waals surface area contributed by atoms with Crippen molar-refractivity contribution in [3.8, 4) is 0 Å². The van der Waals surface area contributed by atoms with Gasteiger partial charge in [0.2, 0.25) is 0 Å². The van der Waals surface area contributed by atoms with Gasteiger partial charge in [0.15, 0.2) is 5.69 Å². The largest absolute Gasteiger partial charge is 0.399 e. The number of rotatable bonds is 2. The highest BCUT2D eigenvalue weighted by Gasteiger charge is 2.12. The summed E-state index contributed by atoms with van der Waals surface area (Å²) >= 11 is 1.15. The number of amides is 1. The molecule has 0 saturated carbocycles. The van der Waals surface area contributed by atoms with Crippen molar-refractivity contribution in [2.45, 2.75) is 13.8 Å². The van der Waals surface area contributed by atoms with E-state index in [1.165, 1.54) is 0 Å². The van der Waals surface area contributed by atoms with Gasteiger partial charge in [0.1, 0.15) is 0 Å². The van der Waals surface area contributed by atoms with E-state index in [4.69, 9.17) is 5.73 Å². The Morgan fingerprint density at radius 2 is 2.00 bits per heavy atom. The SMILES string of the molecule is Cc1cc(N)cc(C)c1NC(=O)c1csnn1. The van der Waals surface area contributed by atoms with E-state index in [0.717, 1.165) is 28.3 Å². The molecule has 17 heavy (non-hydrogen) atoms. The molecule has 0 atom stereocenters. The smallest absolute Gasteiger partial charge is 0.277 e. The molecule has 2 rings (SSSR count). The summed E-state index contributed by atoms with van der Waals surface area (Å²) in [4.78, 5) is 11.8. The molecule has 0 spiro atoms. The summed E-state index contributed by atoms with van der Waals surface area (Å²) in [7, 11) is 0. The van der Waals surface area contributed by atoms with Gasteiger partial charge in [-0.2, -0.15) is 0 Å². The molecule has 0 aliphatic carbocycles. The van der Waals surface area contributed by atoms with Gasteiger partial charge >= 0.3 is 0 Å². The highest BCUT2D eigenvalue weighted by Crippen LogP contribution is 2.23. The van der Waals surface area contributed by atoms with Crippen LogP contribution in [0, 0.1) is 13.8 Å². The summed E-state index contributed by atoms with van der Waals surface area (Å²) in [5.74, 6) is -0.255. The Morgan fingerprint density at radius 3 is 2.53 bits per heavy atom. The molecule has 0 unspecified atom stereocenters. The molecule has 3 N–H and O–H groups in total. The summed E-state index contributed by atoms with van der Waals surface area (Å²) in [5.41, 5.74) is 9.37. The van der Waals surface area contributed by atoms with Crippen LogP contribution in [0.15, 0.2) is 17.5 Å². The zero-order valence-corrected chi connectivity index (χ0v) is 10.3. The van der Waals surface area contributed by atoms with Gasteiger partial charge in [0.25, 0.3) is 5.91 Å². The first kappa shape index (κ1) is 11.5. The maximum absolute atomic E-state index is 11.8. The Balaban J connectivity index is 2.28. The topological polar surface area (TPSA) is 80.9 Å². The number of hydrogen-bond donors (Lipinski definition) is 2. The first-order valence-corrected chi connectivity index (χ1v) is 5.86. The molecule has 0 bridgehead atoms. The van der Waals surface area contributed by atoms with Gasteiger partial charge in [-0.15, -0.1) is 5.10 Å². The average molecular weight is 248 g/mol. The molecule has 0 aliphatic rings. The van der Waals surface area contributed by atoms with Crippen molar-refractivity contribution in [3.63, 3.8) is 0 Å². The fraction of sp³-hybridized carbons (Fsp3) is 0.182. The fourth-order valence-corrected chi connectivity index (χ4v) is 2.07. The minimum atomic E-state index is -0.255. The number of nitrogens with one attached hydrogen (secondary N) is 1. The van der Waals surface area contributed by atoms with E-state index < -0.39 is 0 Å². The maximum atomic E-state index is 11.8.